The number of hydrogen-bond acceptors (Lipinski definition) is 7. The summed E-state index contributed by atoms with van der Waals surface area (Å²) in [5, 5.41) is 11.4. The van der Waals surface area contributed by atoms with E-state index >= 15 is 0 Å². The van der Waals surface area contributed by atoms with Crippen molar-refractivity contribution in [1.29, 1.82) is 4.78 Å². The highest BCUT2D eigenvalue weighted by atomic mass is 32.2. The average Bonchev–Trinajstić information content (AvgIpc) is 2.51. The number of alkyl carbamates (subject to hydrolysis) is 1. The van der Waals surface area contributed by atoms with Crippen LogP contribution < -0.4 is 5.32 Å². The fraction of sp³-hybridized carbons (Fsp3) is 0.824. The number of carbonyl (C=O) groups excluding carboxylic acids is 2. The molecule has 0 bridgehead atoms. The predicted molar refractivity (Wildman–Crippen MR) is 98.9 cm³/mol. The van der Waals surface area contributed by atoms with Crippen LogP contribution in [0.1, 0.15) is 52.9 Å². The number of carboxylic acids is 1. The van der Waals surface area contributed by atoms with Crippen LogP contribution in [0.15, 0.2) is 0 Å². The molecule has 0 aliphatic heterocycles. The molecule has 1 aliphatic rings. The molecule has 0 aromatic heterocycles. The molecule has 0 heterocycles. The monoisotopic (exact) mass is 406 g/mol. The maximum atomic E-state index is 12.5. The van der Waals surface area contributed by atoms with Crippen LogP contribution in [-0.2, 0) is 28.8 Å². The van der Waals surface area contributed by atoms with Crippen molar-refractivity contribution in [3.63, 3.8) is 0 Å². The van der Waals surface area contributed by atoms with E-state index < -0.39 is 39.4 Å². The van der Waals surface area contributed by atoms with Gasteiger partial charge in [0.15, 0.2) is 0 Å². The Labute approximate surface area is 160 Å². The van der Waals surface area contributed by atoms with Crippen molar-refractivity contribution >= 4 is 27.8 Å². The number of carboxylic acid groups (broad SMARTS) is 1. The third-order valence-corrected chi connectivity index (χ3v) is 6.15. The summed E-state index contributed by atoms with van der Waals surface area (Å²) in [5.41, 5.74) is -0.638. The molecule has 1 rings (SSSR count). The normalized spacial score (nSPS) is 18.7. The van der Waals surface area contributed by atoms with Crippen molar-refractivity contribution in [1.82, 2.24) is 5.32 Å². The van der Waals surface area contributed by atoms with Gasteiger partial charge in [-0.15, -0.1) is 0 Å². The van der Waals surface area contributed by atoms with Gasteiger partial charge in [0.2, 0.25) is 0 Å². The Morgan fingerprint density at radius 1 is 1.26 bits per heavy atom. The van der Waals surface area contributed by atoms with Gasteiger partial charge in [-0.3, -0.25) is 9.57 Å². The summed E-state index contributed by atoms with van der Waals surface area (Å²) in [4.78, 5) is 34.1. The first-order valence-electron chi connectivity index (χ1n) is 9.04. The maximum absolute atomic E-state index is 12.5. The molecule has 1 fully saturated rings. The van der Waals surface area contributed by atoms with Gasteiger partial charge in [-0.1, -0.05) is 13.8 Å². The van der Waals surface area contributed by atoms with Crippen molar-refractivity contribution in [3.8, 4) is 0 Å². The molecule has 0 saturated heterocycles. The number of aliphatic carboxylic acids is 1. The topological polar surface area (TPSA) is 143 Å². The number of nitrogens with one attached hydrogen (secondary N) is 2. The van der Waals surface area contributed by atoms with Crippen molar-refractivity contribution in [2.45, 2.75) is 64.5 Å². The Hall–Kier alpha value is -1.84. The SMILES string of the molecule is CC(=O)OC1(CCS(=N)(=O)CC[C@H](NC(=O)OCC(C)C)C(=O)O)CCC1. The summed E-state index contributed by atoms with van der Waals surface area (Å²) in [6.45, 7) is 5.18. The molecule has 27 heavy (non-hydrogen) atoms. The van der Waals surface area contributed by atoms with Crippen LogP contribution in [0.5, 0.6) is 0 Å². The van der Waals surface area contributed by atoms with Gasteiger partial charge in [-0.2, -0.15) is 0 Å². The number of amides is 1. The van der Waals surface area contributed by atoms with E-state index in [9.17, 15) is 23.7 Å². The van der Waals surface area contributed by atoms with Gasteiger partial charge < -0.3 is 19.9 Å². The predicted octanol–water partition coefficient (Wildman–Crippen LogP) is 2.13. The lowest BCUT2D eigenvalue weighted by Gasteiger charge is -2.41. The Bertz CT molecular complexity index is 642. The van der Waals surface area contributed by atoms with Crippen molar-refractivity contribution in [2.75, 3.05) is 18.1 Å². The number of ether oxygens (including phenoxy) is 2. The van der Waals surface area contributed by atoms with Crippen LogP contribution in [0, 0.1) is 10.7 Å². The van der Waals surface area contributed by atoms with E-state index in [1.165, 1.54) is 6.92 Å². The fourth-order valence-electron chi connectivity index (χ4n) is 2.72. The molecule has 0 radical (unpaired) electrons. The van der Waals surface area contributed by atoms with Crippen molar-refractivity contribution in [3.05, 3.63) is 0 Å². The van der Waals surface area contributed by atoms with Crippen molar-refractivity contribution < 1.29 is 33.2 Å². The molecule has 0 spiro atoms. The summed E-state index contributed by atoms with van der Waals surface area (Å²) in [5.74, 6) is -1.72. The first-order valence-corrected chi connectivity index (χ1v) is 10.9. The van der Waals surface area contributed by atoms with Crippen LogP contribution in [0.4, 0.5) is 4.79 Å². The third kappa shape index (κ3) is 8.59. The number of rotatable bonds is 11. The van der Waals surface area contributed by atoms with E-state index in [0.29, 0.717) is 19.3 Å². The van der Waals surface area contributed by atoms with Crippen LogP contribution in [0.3, 0.4) is 0 Å². The molecule has 2 atom stereocenters. The fourth-order valence-corrected chi connectivity index (χ4v) is 4.25. The Kier molecular flexibility index (Phi) is 8.52. The van der Waals surface area contributed by atoms with Gasteiger partial charge in [-0.25, -0.2) is 13.8 Å². The molecule has 0 aromatic carbocycles. The Morgan fingerprint density at radius 3 is 2.33 bits per heavy atom. The first kappa shape index (κ1) is 23.2. The van der Waals surface area contributed by atoms with Crippen molar-refractivity contribution in [2.24, 2.45) is 5.92 Å². The summed E-state index contributed by atoms with van der Waals surface area (Å²) in [7, 11) is -3.06. The summed E-state index contributed by atoms with van der Waals surface area (Å²) >= 11 is 0. The van der Waals surface area contributed by atoms with Gasteiger partial charge >= 0.3 is 18.0 Å². The standard InChI is InChI=1S/C17H30N2O7S/c1-12(2)11-25-16(23)19-14(15(21)22)5-9-27(18,24)10-8-17(6-4-7-17)26-13(3)20/h12,14,18H,4-11H2,1-3H3,(H,19,23)(H,21,22)/t14-,27?/m0/s1. The van der Waals surface area contributed by atoms with Gasteiger partial charge in [-0.05, 0) is 38.0 Å². The second kappa shape index (κ2) is 9.91. The van der Waals surface area contributed by atoms with E-state index in [2.05, 4.69) is 5.32 Å². The van der Waals surface area contributed by atoms with Crippen LogP contribution in [0.2, 0.25) is 0 Å². The lowest BCUT2D eigenvalue weighted by Crippen LogP contribution is -2.44. The summed E-state index contributed by atoms with van der Waals surface area (Å²) in [6, 6.07) is -1.28. The minimum Gasteiger partial charge on any atom is -0.480 e. The summed E-state index contributed by atoms with van der Waals surface area (Å²) in [6.07, 6.45) is 1.60. The largest absolute Gasteiger partial charge is 0.480 e. The van der Waals surface area contributed by atoms with E-state index in [0.717, 1.165) is 6.42 Å². The molecule has 1 aliphatic carbocycles. The van der Waals surface area contributed by atoms with E-state index in [4.69, 9.17) is 14.3 Å². The minimum atomic E-state index is -3.06. The number of hydrogen-bond donors (Lipinski definition) is 3. The molecule has 1 saturated carbocycles. The van der Waals surface area contributed by atoms with Gasteiger partial charge in [0.1, 0.15) is 11.6 Å². The second-order valence-corrected chi connectivity index (χ2v) is 9.86. The molecule has 0 aromatic rings. The molecule has 156 valence electrons. The number of esters is 1. The highest BCUT2D eigenvalue weighted by Crippen LogP contribution is 2.39. The number of carbonyl (C=O) groups is 3. The molecule has 1 amide bonds. The van der Waals surface area contributed by atoms with Crippen LogP contribution in [-0.4, -0.2) is 57.1 Å². The zero-order valence-corrected chi connectivity index (χ0v) is 16.9. The average molecular weight is 407 g/mol. The molecular formula is C17H30N2O7S. The summed E-state index contributed by atoms with van der Waals surface area (Å²) < 4.78 is 30.7. The van der Waals surface area contributed by atoms with Gasteiger partial charge in [0, 0.05) is 28.2 Å². The lowest BCUT2D eigenvalue weighted by molar-refractivity contribution is -0.167. The minimum absolute atomic E-state index is 0.0183. The van der Waals surface area contributed by atoms with Gasteiger partial charge in [0.25, 0.3) is 0 Å². The van der Waals surface area contributed by atoms with Gasteiger partial charge in [0.05, 0.1) is 6.61 Å². The third-order valence-electron chi connectivity index (χ3n) is 4.39. The molecular weight excluding hydrogens is 376 g/mol. The second-order valence-electron chi connectivity index (χ2n) is 7.42. The highest BCUT2D eigenvalue weighted by molar-refractivity contribution is 7.92. The molecule has 1 unspecified atom stereocenters. The first-order chi connectivity index (χ1) is 12.4. The maximum Gasteiger partial charge on any atom is 0.407 e. The smallest absolute Gasteiger partial charge is 0.407 e. The Morgan fingerprint density at radius 2 is 1.89 bits per heavy atom. The zero-order chi connectivity index (χ0) is 20.7. The lowest BCUT2D eigenvalue weighted by atomic mass is 9.78. The highest BCUT2D eigenvalue weighted by Gasteiger charge is 2.40. The quantitative estimate of drug-likeness (QED) is 0.446. The molecule has 3 N–H and O–H groups in total. The van der Waals surface area contributed by atoms with Crippen LogP contribution >= 0.6 is 0 Å². The molecule has 10 heteroatoms. The zero-order valence-electron chi connectivity index (χ0n) is 16.1. The van der Waals surface area contributed by atoms with E-state index in [1.54, 1.807) is 0 Å². The van der Waals surface area contributed by atoms with E-state index in [1.807, 2.05) is 13.8 Å². The van der Waals surface area contributed by atoms with E-state index in [-0.39, 0.29) is 30.5 Å². The van der Waals surface area contributed by atoms with Crippen LogP contribution in [0.25, 0.3) is 0 Å². The Balaban J connectivity index is 2.52. The molecule has 9 nitrogen and oxygen atoms in total.